The van der Waals surface area contributed by atoms with Gasteiger partial charge in [-0.25, -0.2) is 9.59 Å². The molecule has 0 spiro atoms. The van der Waals surface area contributed by atoms with Crippen molar-refractivity contribution in [1.29, 1.82) is 0 Å². The zero-order chi connectivity index (χ0) is 25.8. The molecule has 2 amide bonds. The van der Waals surface area contributed by atoms with Crippen molar-refractivity contribution in [2.75, 3.05) is 7.11 Å². The summed E-state index contributed by atoms with van der Waals surface area (Å²) in [6.45, 7) is 9.21. The van der Waals surface area contributed by atoms with Gasteiger partial charge in [-0.3, -0.25) is 4.79 Å². The molecule has 7 nitrogen and oxygen atoms in total. The van der Waals surface area contributed by atoms with Gasteiger partial charge in [0.2, 0.25) is 5.91 Å². The van der Waals surface area contributed by atoms with E-state index in [1.807, 2.05) is 62.4 Å². The van der Waals surface area contributed by atoms with Gasteiger partial charge in [-0.15, -0.1) is 0 Å². The molecule has 2 aromatic carbocycles. The van der Waals surface area contributed by atoms with E-state index in [4.69, 9.17) is 9.47 Å². The van der Waals surface area contributed by atoms with Gasteiger partial charge in [0.25, 0.3) is 0 Å². The van der Waals surface area contributed by atoms with E-state index < -0.39 is 35.2 Å². The Hall–Kier alpha value is -3.35. The summed E-state index contributed by atoms with van der Waals surface area (Å²) in [6, 6.07) is 14.9. The number of benzene rings is 2. The first kappa shape index (κ1) is 26.3. The molecule has 0 unspecified atom stereocenters. The van der Waals surface area contributed by atoms with Crippen LogP contribution in [0.3, 0.4) is 0 Å². The van der Waals surface area contributed by atoms with E-state index in [1.54, 1.807) is 20.8 Å². The first-order chi connectivity index (χ1) is 16.4. The molecule has 0 heterocycles. The minimum Gasteiger partial charge on any atom is -0.467 e. The molecule has 7 heteroatoms. The zero-order valence-corrected chi connectivity index (χ0v) is 21.4. The highest BCUT2D eigenvalue weighted by molar-refractivity contribution is 5.93. The van der Waals surface area contributed by atoms with Crippen molar-refractivity contribution >= 4 is 18.0 Å². The quantitative estimate of drug-likeness (QED) is 0.597. The van der Waals surface area contributed by atoms with Crippen LogP contribution in [-0.2, 0) is 31.9 Å². The molecule has 1 aliphatic rings. The summed E-state index contributed by atoms with van der Waals surface area (Å²) in [5.74, 6) is -0.866. The lowest BCUT2D eigenvalue weighted by atomic mass is 9.85. The second-order valence-electron chi connectivity index (χ2n) is 10.6. The molecule has 188 valence electrons. The van der Waals surface area contributed by atoms with Crippen LogP contribution in [0.15, 0.2) is 48.5 Å². The van der Waals surface area contributed by atoms with Crippen molar-refractivity contribution in [3.05, 3.63) is 59.7 Å². The predicted molar refractivity (Wildman–Crippen MR) is 135 cm³/mol. The van der Waals surface area contributed by atoms with Crippen LogP contribution < -0.4 is 10.6 Å². The van der Waals surface area contributed by atoms with Crippen molar-refractivity contribution in [3.8, 4) is 11.1 Å². The molecule has 0 radical (unpaired) electrons. The molecule has 0 saturated carbocycles. The normalized spacial score (nSPS) is 15.2. The molecule has 1 atom stereocenters. The number of hydrogen-bond acceptors (Lipinski definition) is 5. The number of fused-ring (bicyclic) bond motifs is 3. The van der Waals surface area contributed by atoms with E-state index in [0.717, 1.165) is 22.3 Å². The smallest absolute Gasteiger partial charge is 0.408 e. The van der Waals surface area contributed by atoms with Crippen LogP contribution in [0, 0.1) is 5.92 Å². The Morgan fingerprint density at radius 2 is 1.46 bits per heavy atom. The molecule has 1 aliphatic carbocycles. The highest BCUT2D eigenvalue weighted by Crippen LogP contribution is 2.36. The van der Waals surface area contributed by atoms with Crippen molar-refractivity contribution in [2.24, 2.45) is 5.92 Å². The molecule has 35 heavy (non-hydrogen) atoms. The Labute approximate surface area is 207 Å². The average Bonchev–Trinajstić information content (AvgIpc) is 2.91. The fourth-order valence-corrected chi connectivity index (χ4v) is 4.54. The van der Waals surface area contributed by atoms with Crippen LogP contribution in [0.4, 0.5) is 4.79 Å². The molecular formula is C28H36N2O5. The number of esters is 1. The summed E-state index contributed by atoms with van der Waals surface area (Å²) >= 11 is 0. The van der Waals surface area contributed by atoms with E-state index in [0.29, 0.717) is 6.42 Å². The Bertz CT molecular complexity index is 1040. The molecule has 2 N–H and O–H groups in total. The first-order valence-electron chi connectivity index (χ1n) is 12.0. The number of nitrogens with one attached hydrogen (secondary N) is 2. The zero-order valence-electron chi connectivity index (χ0n) is 21.4. The maximum Gasteiger partial charge on any atom is 0.408 e. The van der Waals surface area contributed by atoms with E-state index in [-0.39, 0.29) is 18.8 Å². The van der Waals surface area contributed by atoms with Crippen LogP contribution in [0.2, 0.25) is 0 Å². The number of hydrogen-bond donors (Lipinski definition) is 2. The SMILES string of the molecule is COC(=O)C1(NC(=O)[C@@H](CC(C)C)NC(=O)OC(C)(C)C)Cc2ccccc2-c2ccccc2C1. The van der Waals surface area contributed by atoms with Crippen LogP contribution in [0.25, 0.3) is 11.1 Å². The second kappa shape index (κ2) is 10.5. The summed E-state index contributed by atoms with van der Waals surface area (Å²) in [5.41, 5.74) is 1.87. The number of carbonyl (C=O) groups is 3. The van der Waals surface area contributed by atoms with Gasteiger partial charge >= 0.3 is 12.1 Å². The molecule has 2 aromatic rings. The third-order valence-corrected chi connectivity index (χ3v) is 5.96. The van der Waals surface area contributed by atoms with Crippen molar-refractivity contribution in [1.82, 2.24) is 10.6 Å². The van der Waals surface area contributed by atoms with Crippen LogP contribution >= 0.6 is 0 Å². The largest absolute Gasteiger partial charge is 0.467 e. The Kier molecular flexibility index (Phi) is 7.88. The molecule has 0 aromatic heterocycles. The van der Waals surface area contributed by atoms with Gasteiger partial charge in [-0.05, 0) is 55.4 Å². The lowest BCUT2D eigenvalue weighted by Gasteiger charge is -2.33. The van der Waals surface area contributed by atoms with E-state index in [1.165, 1.54) is 7.11 Å². The van der Waals surface area contributed by atoms with Gasteiger partial charge in [0.05, 0.1) is 7.11 Å². The molecule has 0 bridgehead atoms. The number of amides is 2. The van der Waals surface area contributed by atoms with Crippen LogP contribution in [0.1, 0.15) is 52.2 Å². The number of carbonyl (C=O) groups excluding carboxylic acids is 3. The van der Waals surface area contributed by atoms with Crippen molar-refractivity contribution in [2.45, 2.75) is 71.1 Å². The number of alkyl carbamates (subject to hydrolysis) is 1. The number of rotatable bonds is 6. The average molecular weight is 481 g/mol. The standard InChI is InChI=1S/C28H36N2O5/c1-18(2)15-23(29-26(33)35-27(3,4)5)24(31)30-28(25(32)34-6)16-19-11-7-9-13-21(19)22-14-10-8-12-20(22)17-28/h7-14,18,23H,15-17H2,1-6H3,(H,29,33)(H,30,31)/t23-/m1/s1. The van der Waals surface area contributed by atoms with E-state index in [9.17, 15) is 14.4 Å². The maximum absolute atomic E-state index is 13.6. The summed E-state index contributed by atoms with van der Waals surface area (Å²) in [5, 5.41) is 5.69. The van der Waals surface area contributed by atoms with Crippen LogP contribution in [-0.4, -0.2) is 42.3 Å². The topological polar surface area (TPSA) is 93.7 Å². The lowest BCUT2D eigenvalue weighted by Crippen LogP contribution is -2.62. The Morgan fingerprint density at radius 1 is 0.943 bits per heavy atom. The number of methoxy groups -OCH3 is 1. The van der Waals surface area contributed by atoms with Gasteiger partial charge < -0.3 is 20.1 Å². The Morgan fingerprint density at radius 3 is 1.91 bits per heavy atom. The third-order valence-electron chi connectivity index (χ3n) is 5.96. The molecule has 0 saturated heterocycles. The van der Waals surface area contributed by atoms with Crippen molar-refractivity contribution in [3.63, 3.8) is 0 Å². The highest BCUT2D eigenvalue weighted by Gasteiger charge is 2.45. The van der Waals surface area contributed by atoms with Gasteiger partial charge in [0.15, 0.2) is 0 Å². The molecule has 0 aliphatic heterocycles. The van der Waals surface area contributed by atoms with Gasteiger partial charge in [-0.1, -0.05) is 62.4 Å². The maximum atomic E-state index is 13.6. The monoisotopic (exact) mass is 480 g/mol. The van der Waals surface area contributed by atoms with Gasteiger partial charge in [0, 0.05) is 12.8 Å². The van der Waals surface area contributed by atoms with Crippen molar-refractivity contribution < 1.29 is 23.9 Å². The minimum absolute atomic E-state index is 0.116. The van der Waals surface area contributed by atoms with E-state index in [2.05, 4.69) is 10.6 Å². The summed E-state index contributed by atoms with van der Waals surface area (Å²) in [4.78, 5) is 39.4. The second-order valence-corrected chi connectivity index (χ2v) is 10.6. The highest BCUT2D eigenvalue weighted by atomic mass is 16.6. The molecule has 3 rings (SSSR count). The third kappa shape index (κ3) is 6.41. The summed E-state index contributed by atoms with van der Waals surface area (Å²) in [7, 11) is 1.32. The Balaban J connectivity index is 1.99. The van der Waals surface area contributed by atoms with Gasteiger partial charge in [-0.2, -0.15) is 0 Å². The van der Waals surface area contributed by atoms with E-state index >= 15 is 0 Å². The number of ether oxygens (including phenoxy) is 2. The fourth-order valence-electron chi connectivity index (χ4n) is 4.54. The predicted octanol–water partition coefficient (Wildman–Crippen LogP) is 4.42. The molecule has 0 fully saturated rings. The minimum atomic E-state index is -1.33. The fraction of sp³-hybridized carbons (Fsp3) is 0.464. The first-order valence-corrected chi connectivity index (χ1v) is 12.0. The summed E-state index contributed by atoms with van der Waals surface area (Å²) in [6.07, 6.45) is 0.228. The lowest BCUT2D eigenvalue weighted by molar-refractivity contribution is -0.151. The van der Waals surface area contributed by atoms with Crippen LogP contribution in [0.5, 0.6) is 0 Å². The van der Waals surface area contributed by atoms with Gasteiger partial charge in [0.1, 0.15) is 17.2 Å². The summed E-state index contributed by atoms with van der Waals surface area (Å²) < 4.78 is 10.6. The molecular weight excluding hydrogens is 444 g/mol.